The Kier molecular flexibility index (Phi) is 1.05. The number of nitrogens with zero attached hydrogens (tertiary/aromatic N) is 1. The summed E-state index contributed by atoms with van der Waals surface area (Å²) >= 11 is 0. The van der Waals surface area contributed by atoms with Crippen molar-refractivity contribution >= 4 is 11.4 Å². The van der Waals surface area contributed by atoms with Gasteiger partial charge in [0.2, 0.25) is 0 Å². The molecule has 2 radical (unpaired) electrons. The fourth-order valence-corrected chi connectivity index (χ4v) is 1.07. The maximum absolute atomic E-state index is 9.03. The van der Waals surface area contributed by atoms with Crippen LogP contribution in [0.4, 0.5) is 11.4 Å². The van der Waals surface area contributed by atoms with E-state index in [1.807, 2.05) is 24.3 Å². The summed E-state index contributed by atoms with van der Waals surface area (Å²) in [5.74, 6) is 0. The first kappa shape index (κ1) is 5.56. The van der Waals surface area contributed by atoms with Gasteiger partial charge in [-0.3, -0.25) is 0 Å². The lowest BCUT2D eigenvalue weighted by atomic mass is 10.3. The first-order valence-electron chi connectivity index (χ1n) is 3.16. The van der Waals surface area contributed by atoms with Crippen LogP contribution < -0.4 is 16.4 Å². The Balaban J connectivity index is 2.42. The molecule has 1 aromatic carbocycles. The summed E-state index contributed by atoms with van der Waals surface area (Å²) in [6.45, 7) is 0. The van der Waals surface area contributed by atoms with Crippen LogP contribution in [0.5, 0.6) is 0 Å². The Morgan fingerprint density at radius 1 is 1.10 bits per heavy atom. The molecular formula is C7H7N3. The van der Waals surface area contributed by atoms with Crippen molar-refractivity contribution in [1.29, 1.82) is 0 Å². The van der Waals surface area contributed by atoms with E-state index in [0.29, 0.717) is 0 Å². The van der Waals surface area contributed by atoms with Gasteiger partial charge in [-0.2, -0.15) is 0 Å². The fraction of sp³-hybridized carbons (Fsp3) is 0.143. The molecule has 50 valence electrons. The standard InChI is InChI=1S/C7H7N3/c8-7-9-5-3-1-2-4-6(5)10-7/h1-4,7,9-10H. The zero-order valence-corrected chi connectivity index (χ0v) is 5.33. The molecule has 0 saturated carbocycles. The average molecular weight is 133 g/mol. The van der Waals surface area contributed by atoms with Crippen molar-refractivity contribution in [1.82, 2.24) is 5.73 Å². The van der Waals surface area contributed by atoms with Crippen LogP contribution in [0, 0.1) is 0 Å². The van der Waals surface area contributed by atoms with E-state index in [2.05, 4.69) is 10.6 Å². The van der Waals surface area contributed by atoms with Crippen molar-refractivity contribution in [3.63, 3.8) is 0 Å². The predicted octanol–water partition coefficient (Wildman–Crippen LogP) is 0.876. The second kappa shape index (κ2) is 1.88. The molecule has 0 saturated heterocycles. The minimum Gasteiger partial charge on any atom is -0.349 e. The Hall–Kier alpha value is -1.22. The third-order valence-electron chi connectivity index (χ3n) is 1.51. The molecule has 1 aliphatic rings. The van der Waals surface area contributed by atoms with E-state index in [1.54, 1.807) is 0 Å². The third-order valence-corrected chi connectivity index (χ3v) is 1.51. The molecule has 0 atom stereocenters. The molecule has 10 heavy (non-hydrogen) atoms. The molecule has 2 rings (SSSR count). The molecule has 0 unspecified atom stereocenters. The van der Waals surface area contributed by atoms with Gasteiger partial charge in [-0.05, 0) is 12.1 Å². The molecule has 0 aromatic heterocycles. The van der Waals surface area contributed by atoms with Gasteiger partial charge in [-0.25, -0.2) is 0 Å². The largest absolute Gasteiger partial charge is 0.349 e. The fourth-order valence-electron chi connectivity index (χ4n) is 1.07. The van der Waals surface area contributed by atoms with Gasteiger partial charge in [0.1, 0.15) is 0 Å². The number of fused-ring (bicyclic) bond motifs is 1. The molecule has 1 aliphatic heterocycles. The van der Waals surface area contributed by atoms with Crippen LogP contribution in [0.25, 0.3) is 0 Å². The summed E-state index contributed by atoms with van der Waals surface area (Å²) in [6, 6.07) is 7.67. The summed E-state index contributed by atoms with van der Waals surface area (Å²) in [7, 11) is 0. The van der Waals surface area contributed by atoms with E-state index in [0.717, 1.165) is 11.4 Å². The summed E-state index contributed by atoms with van der Waals surface area (Å²) in [6.07, 6.45) is -0.627. The Morgan fingerprint density at radius 2 is 1.60 bits per heavy atom. The quantitative estimate of drug-likeness (QED) is 0.551. The monoisotopic (exact) mass is 133 g/mol. The summed E-state index contributed by atoms with van der Waals surface area (Å²) in [4.78, 5) is 0. The maximum Gasteiger partial charge on any atom is 0.186 e. The normalized spacial score (nSPS) is 15.7. The smallest absolute Gasteiger partial charge is 0.186 e. The third kappa shape index (κ3) is 0.717. The first-order valence-corrected chi connectivity index (χ1v) is 3.16. The minimum atomic E-state index is -0.627. The Bertz CT molecular complexity index is 221. The first-order chi connectivity index (χ1) is 4.86. The van der Waals surface area contributed by atoms with Crippen molar-refractivity contribution in [2.24, 2.45) is 0 Å². The zero-order valence-electron chi connectivity index (χ0n) is 5.33. The minimum absolute atomic E-state index is 0.627. The number of hydrogen-bond acceptors (Lipinski definition) is 2. The Morgan fingerprint density at radius 3 is 2.10 bits per heavy atom. The highest BCUT2D eigenvalue weighted by Crippen LogP contribution is 2.26. The Labute approximate surface area is 59.2 Å². The number of para-hydroxylation sites is 2. The topological polar surface area (TPSA) is 46.4 Å². The number of benzene rings is 1. The SMILES string of the molecule is [N]C1Nc2ccccc2N1. The van der Waals surface area contributed by atoms with E-state index >= 15 is 0 Å². The number of hydrogen-bond donors (Lipinski definition) is 2. The van der Waals surface area contributed by atoms with Crippen LogP contribution in [0.3, 0.4) is 0 Å². The molecule has 0 bridgehead atoms. The molecule has 0 amide bonds. The molecule has 0 fully saturated rings. The molecule has 0 spiro atoms. The predicted molar refractivity (Wildman–Crippen MR) is 39.6 cm³/mol. The van der Waals surface area contributed by atoms with Crippen LogP contribution in [0.15, 0.2) is 24.3 Å². The van der Waals surface area contributed by atoms with Gasteiger partial charge in [0, 0.05) is 0 Å². The van der Waals surface area contributed by atoms with Gasteiger partial charge in [-0.1, -0.05) is 17.9 Å². The second-order valence-corrected chi connectivity index (χ2v) is 2.24. The lowest BCUT2D eigenvalue weighted by molar-refractivity contribution is 0.869. The van der Waals surface area contributed by atoms with Crippen molar-refractivity contribution in [2.75, 3.05) is 10.6 Å². The van der Waals surface area contributed by atoms with Gasteiger partial charge >= 0.3 is 0 Å². The average Bonchev–Trinajstić information content (AvgIpc) is 2.27. The van der Waals surface area contributed by atoms with Crippen molar-refractivity contribution < 1.29 is 0 Å². The van der Waals surface area contributed by atoms with Gasteiger partial charge in [-0.15, -0.1) is 0 Å². The van der Waals surface area contributed by atoms with Gasteiger partial charge < -0.3 is 10.6 Å². The highest BCUT2D eigenvalue weighted by atomic mass is 15.3. The summed E-state index contributed by atoms with van der Waals surface area (Å²) in [5, 5.41) is 5.68. The lowest BCUT2D eigenvalue weighted by Gasteiger charge is -1.98. The molecule has 0 aliphatic carbocycles. The van der Waals surface area contributed by atoms with Crippen LogP contribution in [0.2, 0.25) is 0 Å². The van der Waals surface area contributed by atoms with Gasteiger partial charge in [0.15, 0.2) is 6.29 Å². The number of nitrogens with one attached hydrogen (secondary N) is 2. The van der Waals surface area contributed by atoms with Crippen molar-refractivity contribution in [2.45, 2.75) is 6.29 Å². The van der Waals surface area contributed by atoms with Gasteiger partial charge in [0.05, 0.1) is 11.4 Å². The molecule has 2 N–H and O–H groups in total. The molecule has 3 nitrogen and oxygen atoms in total. The molecular weight excluding hydrogens is 126 g/mol. The maximum atomic E-state index is 9.03. The molecule has 1 heterocycles. The number of rotatable bonds is 0. The van der Waals surface area contributed by atoms with Crippen molar-refractivity contribution in [3.05, 3.63) is 24.3 Å². The van der Waals surface area contributed by atoms with Crippen LogP contribution >= 0.6 is 0 Å². The highest BCUT2D eigenvalue weighted by molar-refractivity contribution is 5.73. The number of anilines is 2. The summed E-state index contributed by atoms with van der Waals surface area (Å²) in [5.41, 5.74) is 10.9. The summed E-state index contributed by atoms with van der Waals surface area (Å²) < 4.78 is 0. The van der Waals surface area contributed by atoms with E-state index in [9.17, 15) is 0 Å². The van der Waals surface area contributed by atoms with Gasteiger partial charge in [0.25, 0.3) is 0 Å². The lowest BCUT2D eigenvalue weighted by Crippen LogP contribution is -2.22. The van der Waals surface area contributed by atoms with E-state index < -0.39 is 6.29 Å². The van der Waals surface area contributed by atoms with E-state index in [1.165, 1.54) is 0 Å². The second-order valence-electron chi connectivity index (χ2n) is 2.24. The van der Waals surface area contributed by atoms with Crippen LogP contribution in [-0.4, -0.2) is 6.29 Å². The zero-order chi connectivity index (χ0) is 6.97. The van der Waals surface area contributed by atoms with Crippen LogP contribution in [0.1, 0.15) is 0 Å². The van der Waals surface area contributed by atoms with E-state index in [4.69, 9.17) is 5.73 Å². The van der Waals surface area contributed by atoms with Crippen LogP contribution in [-0.2, 0) is 0 Å². The highest BCUT2D eigenvalue weighted by Gasteiger charge is 2.14. The van der Waals surface area contributed by atoms with E-state index in [-0.39, 0.29) is 0 Å². The van der Waals surface area contributed by atoms with Crippen molar-refractivity contribution in [3.8, 4) is 0 Å². The molecule has 1 aromatic rings. The molecule has 3 heteroatoms.